The molecule has 0 saturated heterocycles. The molecule has 1 amide bonds. The molecule has 4 aromatic rings. The largest absolute Gasteiger partial charge is 0.341 e. The lowest BCUT2D eigenvalue weighted by Gasteiger charge is -2.21. The molecule has 1 heterocycles. The summed E-state index contributed by atoms with van der Waals surface area (Å²) in [5.74, 6) is 1.18. The number of amides is 1. The number of benzene rings is 3. The van der Waals surface area contributed by atoms with Crippen molar-refractivity contribution in [2.75, 3.05) is 25.4 Å². The van der Waals surface area contributed by atoms with Crippen molar-refractivity contribution in [3.63, 3.8) is 0 Å². The topological polar surface area (TPSA) is 62.3 Å². The van der Waals surface area contributed by atoms with Crippen molar-refractivity contribution < 1.29 is 9.59 Å². The van der Waals surface area contributed by atoms with E-state index in [4.69, 9.17) is 4.98 Å². The van der Waals surface area contributed by atoms with E-state index in [9.17, 15) is 9.59 Å². The maximum Gasteiger partial charge on any atom is 0.252 e. The smallest absolute Gasteiger partial charge is 0.252 e. The normalized spacial score (nSPS) is 12.0. The lowest BCUT2D eigenvalue weighted by molar-refractivity contribution is -0.120. The van der Waals surface area contributed by atoms with E-state index in [-0.39, 0.29) is 11.7 Å². The van der Waals surface area contributed by atoms with Crippen molar-refractivity contribution in [3.8, 4) is 11.3 Å². The zero-order chi connectivity index (χ0) is 30.4. The molecular weight excluding hydrogens is 550 g/mol. The third-order valence-corrected chi connectivity index (χ3v) is 8.99. The van der Waals surface area contributed by atoms with Crippen LogP contribution in [-0.2, 0) is 17.0 Å². The van der Waals surface area contributed by atoms with Gasteiger partial charge in [-0.05, 0) is 68.2 Å². The van der Waals surface area contributed by atoms with Crippen LogP contribution in [0.5, 0.6) is 0 Å². The fourth-order valence-electron chi connectivity index (χ4n) is 5.26. The summed E-state index contributed by atoms with van der Waals surface area (Å²) in [6.07, 6.45) is 4.38. The molecule has 0 saturated carbocycles. The molecule has 3 aromatic carbocycles. The van der Waals surface area contributed by atoms with Gasteiger partial charge in [-0.3, -0.25) is 9.59 Å². The Morgan fingerprint density at radius 2 is 1.58 bits per heavy atom. The van der Waals surface area contributed by atoms with Crippen LogP contribution in [0.1, 0.15) is 67.9 Å². The quantitative estimate of drug-likeness (QED) is 0.134. The number of carbonyl (C=O) groups is 2. The van der Waals surface area contributed by atoms with Gasteiger partial charge >= 0.3 is 0 Å². The van der Waals surface area contributed by atoms with Crippen molar-refractivity contribution in [2.24, 2.45) is 0 Å². The number of nitrogens with zero attached hydrogens (tertiary/aromatic N) is 2. The highest BCUT2D eigenvalue weighted by atomic mass is 32.2. The summed E-state index contributed by atoms with van der Waals surface area (Å²) in [6.45, 7) is 9.29. The lowest BCUT2D eigenvalue weighted by atomic mass is 9.99. The molecule has 4 rings (SSSR count). The number of rotatable bonds is 17. The van der Waals surface area contributed by atoms with Gasteiger partial charge in [0.1, 0.15) is 0 Å². The maximum absolute atomic E-state index is 14.1. The molecule has 0 aliphatic heterocycles. The van der Waals surface area contributed by atoms with Crippen molar-refractivity contribution in [1.82, 2.24) is 15.2 Å². The van der Waals surface area contributed by atoms with Crippen molar-refractivity contribution in [2.45, 2.75) is 64.7 Å². The number of aromatic nitrogens is 1. The van der Waals surface area contributed by atoms with Crippen molar-refractivity contribution >= 4 is 34.4 Å². The minimum absolute atomic E-state index is 0.0892. The molecule has 1 atom stereocenters. The van der Waals surface area contributed by atoms with Crippen LogP contribution in [0, 0.1) is 0 Å². The second kappa shape index (κ2) is 17.0. The Bertz CT molecular complexity index is 1460. The molecule has 0 aliphatic rings. The fourth-order valence-corrected chi connectivity index (χ4v) is 6.32. The van der Waals surface area contributed by atoms with Gasteiger partial charge in [0.2, 0.25) is 0 Å². The highest BCUT2D eigenvalue weighted by molar-refractivity contribution is 7.98. The number of thioether (sulfide) groups is 1. The number of unbranched alkanes of at least 4 members (excludes halogenated alkanes) is 1. The first-order valence-corrected chi connectivity index (χ1v) is 16.8. The molecule has 0 radical (unpaired) electrons. The van der Waals surface area contributed by atoms with E-state index in [1.165, 1.54) is 11.1 Å². The van der Waals surface area contributed by atoms with E-state index in [0.717, 1.165) is 73.2 Å². The number of carbonyl (C=O) groups excluding carboxylic acids is 2. The summed E-state index contributed by atoms with van der Waals surface area (Å²) in [5, 5.41) is 4.00. The Kier molecular flexibility index (Phi) is 12.8. The number of ketones is 1. The monoisotopic (exact) mass is 595 g/mol. The minimum Gasteiger partial charge on any atom is -0.341 e. The number of pyridine rings is 1. The average Bonchev–Trinajstić information content (AvgIpc) is 3.05. The summed E-state index contributed by atoms with van der Waals surface area (Å²) in [7, 11) is 0. The van der Waals surface area contributed by atoms with Crippen LogP contribution in [0.15, 0.2) is 84.9 Å². The summed E-state index contributed by atoms with van der Waals surface area (Å²) < 4.78 is 0. The van der Waals surface area contributed by atoms with Gasteiger partial charge in [0, 0.05) is 28.9 Å². The SMILES string of the molecule is CCCCc1ccc2nc(-c3ccccc3)cc(C(=O)NC(CSCc3ccccc3)C(=O)CCCN(CC)CC)c2c1. The molecule has 0 fully saturated rings. The van der Waals surface area contributed by atoms with Gasteiger partial charge in [-0.2, -0.15) is 11.8 Å². The Labute approximate surface area is 261 Å². The first-order valence-electron chi connectivity index (χ1n) is 15.7. The lowest BCUT2D eigenvalue weighted by Crippen LogP contribution is -2.43. The molecule has 1 N–H and O–H groups in total. The predicted molar refractivity (Wildman–Crippen MR) is 182 cm³/mol. The number of hydrogen-bond donors (Lipinski definition) is 1. The molecule has 5 nitrogen and oxygen atoms in total. The maximum atomic E-state index is 14.1. The number of aryl methyl sites for hydroxylation is 1. The molecule has 0 aliphatic carbocycles. The molecular formula is C37H45N3O2S. The molecule has 0 bridgehead atoms. The van der Waals surface area contributed by atoms with Crippen LogP contribution in [0.25, 0.3) is 22.2 Å². The van der Waals surface area contributed by atoms with Gasteiger partial charge in [-0.15, -0.1) is 0 Å². The third kappa shape index (κ3) is 9.50. The Morgan fingerprint density at radius 3 is 2.28 bits per heavy atom. The fraction of sp³-hybridized carbons (Fsp3) is 0.378. The van der Waals surface area contributed by atoms with Crippen molar-refractivity contribution in [3.05, 3.63) is 102 Å². The van der Waals surface area contributed by atoms with E-state index in [1.807, 2.05) is 60.7 Å². The van der Waals surface area contributed by atoms with Crippen LogP contribution >= 0.6 is 11.8 Å². The zero-order valence-corrected chi connectivity index (χ0v) is 26.7. The summed E-state index contributed by atoms with van der Waals surface area (Å²) in [4.78, 5) is 34.9. The third-order valence-electron chi connectivity index (χ3n) is 7.89. The Morgan fingerprint density at radius 1 is 0.860 bits per heavy atom. The Hall–Kier alpha value is -3.48. The van der Waals surface area contributed by atoms with Crippen LogP contribution in [0.2, 0.25) is 0 Å². The van der Waals surface area contributed by atoms with Gasteiger partial charge in [0.25, 0.3) is 5.91 Å². The summed E-state index contributed by atoms with van der Waals surface area (Å²) in [5.41, 5.74) is 5.46. The first kappa shape index (κ1) is 32.4. The molecule has 43 heavy (non-hydrogen) atoms. The summed E-state index contributed by atoms with van der Waals surface area (Å²) >= 11 is 1.69. The van der Waals surface area contributed by atoms with Gasteiger partial charge in [-0.25, -0.2) is 4.98 Å². The van der Waals surface area contributed by atoms with Crippen LogP contribution in [-0.4, -0.2) is 53.0 Å². The zero-order valence-electron chi connectivity index (χ0n) is 25.9. The highest BCUT2D eigenvalue weighted by Crippen LogP contribution is 2.27. The second-order valence-corrected chi connectivity index (χ2v) is 12.0. The molecule has 1 unspecified atom stereocenters. The van der Waals surface area contributed by atoms with Crippen LogP contribution in [0.3, 0.4) is 0 Å². The van der Waals surface area contributed by atoms with Gasteiger partial charge in [0.15, 0.2) is 5.78 Å². The van der Waals surface area contributed by atoms with E-state index < -0.39 is 6.04 Å². The average molecular weight is 596 g/mol. The van der Waals surface area contributed by atoms with E-state index >= 15 is 0 Å². The number of hydrogen-bond acceptors (Lipinski definition) is 5. The van der Waals surface area contributed by atoms with Gasteiger partial charge in [0.05, 0.1) is 22.8 Å². The van der Waals surface area contributed by atoms with Crippen LogP contribution < -0.4 is 5.32 Å². The highest BCUT2D eigenvalue weighted by Gasteiger charge is 2.23. The molecule has 6 heteroatoms. The molecule has 1 aromatic heterocycles. The summed E-state index contributed by atoms with van der Waals surface area (Å²) in [6, 6.07) is 27.8. The van der Waals surface area contributed by atoms with Gasteiger partial charge < -0.3 is 10.2 Å². The van der Waals surface area contributed by atoms with E-state index in [2.05, 4.69) is 55.3 Å². The number of Topliss-reactive ketones (excluding diaryl/α,β-unsaturated/α-hetero) is 1. The van der Waals surface area contributed by atoms with Gasteiger partial charge in [-0.1, -0.05) is 93.9 Å². The minimum atomic E-state index is -0.565. The molecule has 0 spiro atoms. The Balaban J connectivity index is 1.61. The van der Waals surface area contributed by atoms with Crippen LogP contribution in [0.4, 0.5) is 0 Å². The number of fused-ring (bicyclic) bond motifs is 1. The van der Waals surface area contributed by atoms with E-state index in [1.54, 1.807) is 11.8 Å². The molecule has 226 valence electrons. The van der Waals surface area contributed by atoms with Crippen molar-refractivity contribution in [1.29, 1.82) is 0 Å². The standard InChI is InChI=1S/C37H45N3O2S/c1-4-7-15-28-21-22-33-31(24-28)32(25-34(38-33)30-18-12-9-13-19-30)37(42)39-35(27-43-26-29-16-10-8-11-17-29)36(41)20-14-23-40(5-2)6-3/h8-13,16-19,21-22,24-25,35H,4-7,14-15,20,23,26-27H2,1-3H3,(H,39,42). The predicted octanol–water partition coefficient (Wildman–Crippen LogP) is 7.97. The van der Waals surface area contributed by atoms with E-state index in [0.29, 0.717) is 17.7 Å². The first-order chi connectivity index (χ1) is 21.0. The second-order valence-electron chi connectivity index (χ2n) is 11.0. The number of nitrogens with one attached hydrogen (secondary N) is 1.